The van der Waals surface area contributed by atoms with Crippen molar-refractivity contribution >= 4 is 40.6 Å². The second kappa shape index (κ2) is 9.83. The molecule has 1 atom stereocenters. The van der Waals surface area contributed by atoms with Crippen molar-refractivity contribution in [2.75, 3.05) is 11.9 Å². The predicted octanol–water partition coefficient (Wildman–Crippen LogP) is 5.16. The molecule has 0 spiro atoms. The number of rotatable bonds is 7. The Morgan fingerprint density at radius 1 is 1.13 bits per heavy atom. The summed E-state index contributed by atoms with van der Waals surface area (Å²) in [5, 5.41) is 2.29. The van der Waals surface area contributed by atoms with Crippen LogP contribution in [-0.2, 0) is 9.59 Å². The summed E-state index contributed by atoms with van der Waals surface area (Å²) in [6, 6.07) is 12.9. The van der Waals surface area contributed by atoms with Crippen molar-refractivity contribution in [3.05, 3.63) is 64.1 Å². The zero-order chi connectivity index (χ0) is 22.5. The Morgan fingerprint density at radius 3 is 2.48 bits per heavy atom. The number of carbonyl (C=O) groups excluding carboxylic acids is 3. The van der Waals surface area contributed by atoms with Crippen LogP contribution < -0.4 is 10.1 Å². The fourth-order valence-electron chi connectivity index (χ4n) is 2.91. The standard InChI is InChI=1S/C24H26N2O4S/c1-5-17(4)30-20-10-7-18(8-11-20)13-21-23(28)26(24(29)31-21)14-22(27)25-19-9-6-15(2)16(3)12-19/h6-13,17H,5,14H2,1-4H3,(H,25,27)/b21-13+. The second-order valence-corrected chi connectivity index (χ2v) is 8.51. The lowest BCUT2D eigenvalue weighted by molar-refractivity contribution is -0.127. The maximum atomic E-state index is 12.7. The van der Waals surface area contributed by atoms with Gasteiger partial charge in [-0.3, -0.25) is 19.3 Å². The SMILES string of the molecule is CCC(C)Oc1ccc(/C=C2/SC(=O)N(CC(=O)Nc3ccc(C)c(C)c3)C2=O)cc1. The molecule has 2 aromatic rings. The first kappa shape index (κ1) is 22.6. The molecule has 1 unspecified atom stereocenters. The van der Waals surface area contributed by atoms with E-state index in [4.69, 9.17) is 4.74 Å². The average molecular weight is 439 g/mol. The minimum atomic E-state index is -0.467. The van der Waals surface area contributed by atoms with E-state index in [1.807, 2.05) is 57.2 Å². The molecule has 1 N–H and O–H groups in total. The van der Waals surface area contributed by atoms with Gasteiger partial charge in [0, 0.05) is 5.69 Å². The van der Waals surface area contributed by atoms with Crippen molar-refractivity contribution in [2.45, 2.75) is 40.2 Å². The zero-order valence-corrected chi connectivity index (χ0v) is 18.9. The van der Waals surface area contributed by atoms with Crippen LogP contribution in [0.5, 0.6) is 5.75 Å². The number of carbonyl (C=O) groups is 3. The molecule has 31 heavy (non-hydrogen) atoms. The molecule has 1 fully saturated rings. The molecule has 3 amide bonds. The summed E-state index contributed by atoms with van der Waals surface area (Å²) in [7, 11) is 0. The first-order valence-electron chi connectivity index (χ1n) is 10.2. The predicted molar refractivity (Wildman–Crippen MR) is 124 cm³/mol. The number of hydrogen-bond acceptors (Lipinski definition) is 5. The Labute approximate surface area is 186 Å². The molecule has 0 saturated carbocycles. The van der Waals surface area contributed by atoms with Gasteiger partial charge in [0.25, 0.3) is 11.1 Å². The van der Waals surface area contributed by atoms with Crippen LogP contribution >= 0.6 is 11.8 Å². The van der Waals surface area contributed by atoms with Crippen LogP contribution in [0.25, 0.3) is 6.08 Å². The summed E-state index contributed by atoms with van der Waals surface area (Å²) < 4.78 is 5.75. The molecule has 1 saturated heterocycles. The Hall–Kier alpha value is -3.06. The summed E-state index contributed by atoms with van der Waals surface area (Å²) in [6.07, 6.45) is 2.68. The number of imide groups is 1. The fraction of sp³-hybridized carbons (Fsp3) is 0.292. The molecule has 0 radical (unpaired) electrons. The lowest BCUT2D eigenvalue weighted by Crippen LogP contribution is -2.36. The van der Waals surface area contributed by atoms with E-state index in [0.717, 1.165) is 45.5 Å². The maximum absolute atomic E-state index is 12.7. The minimum absolute atomic E-state index is 0.123. The van der Waals surface area contributed by atoms with Crippen LogP contribution in [0, 0.1) is 13.8 Å². The number of hydrogen-bond donors (Lipinski definition) is 1. The Morgan fingerprint density at radius 2 is 1.84 bits per heavy atom. The van der Waals surface area contributed by atoms with Gasteiger partial charge in [0.2, 0.25) is 5.91 Å². The quantitative estimate of drug-likeness (QED) is 0.605. The highest BCUT2D eigenvalue weighted by molar-refractivity contribution is 8.18. The zero-order valence-electron chi connectivity index (χ0n) is 18.1. The average Bonchev–Trinajstić information content (AvgIpc) is 2.99. The first-order chi connectivity index (χ1) is 14.8. The van der Waals surface area contributed by atoms with E-state index in [1.165, 1.54) is 0 Å². The van der Waals surface area contributed by atoms with Crippen molar-refractivity contribution in [3.8, 4) is 5.75 Å². The lowest BCUT2D eigenvalue weighted by Gasteiger charge is -2.13. The molecule has 0 aliphatic carbocycles. The topological polar surface area (TPSA) is 75.7 Å². The summed E-state index contributed by atoms with van der Waals surface area (Å²) in [5.74, 6) is -0.133. The van der Waals surface area contributed by atoms with Crippen LogP contribution in [0.3, 0.4) is 0 Å². The van der Waals surface area contributed by atoms with E-state index >= 15 is 0 Å². The van der Waals surface area contributed by atoms with E-state index < -0.39 is 17.1 Å². The van der Waals surface area contributed by atoms with Gasteiger partial charge in [-0.25, -0.2) is 0 Å². The summed E-state index contributed by atoms with van der Waals surface area (Å²) in [4.78, 5) is 38.6. The first-order valence-corrected chi connectivity index (χ1v) is 11.0. The molecule has 1 aliphatic heterocycles. The third-order valence-corrected chi connectivity index (χ3v) is 5.96. The van der Waals surface area contributed by atoms with Crippen LogP contribution in [-0.4, -0.2) is 34.6 Å². The van der Waals surface area contributed by atoms with Gasteiger partial charge in [-0.15, -0.1) is 0 Å². The number of amides is 3. The molecule has 1 aliphatic rings. The number of ether oxygens (including phenoxy) is 1. The molecule has 1 heterocycles. The van der Waals surface area contributed by atoms with Gasteiger partial charge in [0.15, 0.2) is 0 Å². The number of nitrogens with zero attached hydrogens (tertiary/aromatic N) is 1. The largest absolute Gasteiger partial charge is 0.491 e. The number of nitrogens with one attached hydrogen (secondary N) is 1. The molecule has 2 aromatic carbocycles. The summed E-state index contributed by atoms with van der Waals surface area (Å²) >= 11 is 0.835. The molecule has 6 nitrogen and oxygen atoms in total. The Bertz CT molecular complexity index is 1030. The van der Waals surface area contributed by atoms with E-state index in [2.05, 4.69) is 12.2 Å². The van der Waals surface area contributed by atoms with Crippen molar-refractivity contribution in [1.29, 1.82) is 0 Å². The smallest absolute Gasteiger partial charge is 0.294 e. The van der Waals surface area contributed by atoms with Gasteiger partial charge in [-0.1, -0.05) is 25.1 Å². The molecule has 0 bridgehead atoms. The molecular formula is C24H26N2O4S. The highest BCUT2D eigenvalue weighted by Gasteiger charge is 2.36. The maximum Gasteiger partial charge on any atom is 0.294 e. The van der Waals surface area contributed by atoms with Gasteiger partial charge in [0.1, 0.15) is 12.3 Å². The minimum Gasteiger partial charge on any atom is -0.491 e. The lowest BCUT2D eigenvalue weighted by atomic mass is 10.1. The molecular weight excluding hydrogens is 412 g/mol. The van der Waals surface area contributed by atoms with E-state index in [-0.39, 0.29) is 12.6 Å². The van der Waals surface area contributed by atoms with E-state index in [0.29, 0.717) is 10.6 Å². The highest BCUT2D eigenvalue weighted by atomic mass is 32.2. The van der Waals surface area contributed by atoms with Crippen molar-refractivity contribution in [3.63, 3.8) is 0 Å². The highest BCUT2D eigenvalue weighted by Crippen LogP contribution is 2.32. The number of thioether (sulfide) groups is 1. The van der Waals surface area contributed by atoms with Crippen molar-refractivity contribution < 1.29 is 19.1 Å². The van der Waals surface area contributed by atoms with Crippen molar-refractivity contribution in [1.82, 2.24) is 4.90 Å². The van der Waals surface area contributed by atoms with Crippen LogP contribution in [0.4, 0.5) is 10.5 Å². The summed E-state index contributed by atoms with van der Waals surface area (Å²) in [5.41, 5.74) is 3.58. The third kappa shape index (κ3) is 5.76. The van der Waals surface area contributed by atoms with Crippen LogP contribution in [0.2, 0.25) is 0 Å². The van der Waals surface area contributed by atoms with Crippen LogP contribution in [0.15, 0.2) is 47.4 Å². The van der Waals surface area contributed by atoms with Gasteiger partial charge in [-0.2, -0.15) is 0 Å². The normalized spacial score (nSPS) is 16.0. The number of anilines is 1. The van der Waals surface area contributed by atoms with E-state index in [9.17, 15) is 14.4 Å². The van der Waals surface area contributed by atoms with E-state index in [1.54, 1.807) is 12.1 Å². The second-order valence-electron chi connectivity index (χ2n) is 7.52. The van der Waals surface area contributed by atoms with Gasteiger partial charge < -0.3 is 10.1 Å². The van der Waals surface area contributed by atoms with Gasteiger partial charge in [-0.05, 0) is 86.0 Å². The third-order valence-electron chi connectivity index (χ3n) is 5.06. The number of aryl methyl sites for hydroxylation is 2. The Balaban J connectivity index is 1.64. The van der Waals surface area contributed by atoms with Gasteiger partial charge in [0.05, 0.1) is 11.0 Å². The van der Waals surface area contributed by atoms with Crippen LogP contribution in [0.1, 0.15) is 37.0 Å². The molecule has 7 heteroatoms. The Kier molecular flexibility index (Phi) is 7.17. The summed E-state index contributed by atoms with van der Waals surface area (Å²) in [6.45, 7) is 7.67. The fourth-order valence-corrected chi connectivity index (χ4v) is 3.75. The molecule has 3 rings (SSSR count). The monoisotopic (exact) mass is 438 g/mol. The van der Waals surface area contributed by atoms with Crippen molar-refractivity contribution in [2.24, 2.45) is 0 Å². The molecule has 0 aromatic heterocycles. The van der Waals surface area contributed by atoms with Gasteiger partial charge >= 0.3 is 0 Å². The molecule has 162 valence electrons. The number of benzene rings is 2.